The lowest BCUT2D eigenvalue weighted by Crippen LogP contribution is -2.46. The first-order chi connectivity index (χ1) is 17.1. The second-order valence-electron chi connectivity index (χ2n) is 8.37. The van der Waals surface area contributed by atoms with Crippen molar-refractivity contribution < 1.29 is 14.7 Å². The van der Waals surface area contributed by atoms with Crippen LogP contribution in [-0.4, -0.2) is 49.8 Å². The van der Waals surface area contributed by atoms with Gasteiger partial charge >= 0.3 is 6.09 Å². The van der Waals surface area contributed by atoms with E-state index in [0.717, 1.165) is 45.7 Å². The van der Waals surface area contributed by atoms with Crippen LogP contribution in [0.5, 0.6) is 0 Å². The highest BCUT2D eigenvalue weighted by molar-refractivity contribution is 5.83. The molecule has 0 spiro atoms. The molecular formula is C26H24N6O3. The fourth-order valence-electron chi connectivity index (χ4n) is 4.83. The summed E-state index contributed by atoms with van der Waals surface area (Å²) in [5.41, 5.74) is 5.78. The molecule has 35 heavy (non-hydrogen) atoms. The highest BCUT2D eigenvalue weighted by atomic mass is 16.4. The molecule has 0 saturated carbocycles. The molecular weight excluding hydrogens is 444 g/mol. The third-order valence-electron chi connectivity index (χ3n) is 6.36. The Balaban J connectivity index is 1.70. The Hall–Kier alpha value is -4.53. The Bertz CT molecular complexity index is 1360. The number of carbonyl (C=O) groups excluding carboxylic acids is 1. The smallest absolute Gasteiger partial charge is 0.405 e. The van der Waals surface area contributed by atoms with Crippen molar-refractivity contribution in [2.75, 3.05) is 11.4 Å². The number of hydrogen-bond donors (Lipinski definition) is 2. The monoisotopic (exact) mass is 468 g/mol. The lowest BCUT2D eigenvalue weighted by molar-refractivity contribution is -0.110. The van der Waals surface area contributed by atoms with E-state index < -0.39 is 18.2 Å². The van der Waals surface area contributed by atoms with Crippen LogP contribution in [0.25, 0.3) is 22.5 Å². The number of amides is 1. The molecule has 1 aliphatic heterocycles. The van der Waals surface area contributed by atoms with Crippen molar-refractivity contribution in [1.29, 1.82) is 0 Å². The van der Waals surface area contributed by atoms with E-state index in [0.29, 0.717) is 12.8 Å². The number of carboxylic acid groups (broad SMARTS) is 1. The standard InChI is InChI=1S/C26H24N6O3/c1-31-25(28-16-29-31)21-13-19(17-7-10-27-11-8-17)14-23-20(21)9-12-32(23)24(18-5-3-2-4-6-18)22(15-33)30-26(34)35/h2-8,10-11,13-16,22,24,30H,9,12H2,1H3,(H,34,35)/t22?,24-/m1/s1. The van der Waals surface area contributed by atoms with Crippen LogP contribution in [0.4, 0.5) is 10.5 Å². The molecule has 2 atom stereocenters. The van der Waals surface area contributed by atoms with Crippen molar-refractivity contribution in [3.05, 3.63) is 84.4 Å². The van der Waals surface area contributed by atoms with Crippen molar-refractivity contribution >= 4 is 18.1 Å². The molecule has 1 unspecified atom stereocenters. The first-order valence-electron chi connectivity index (χ1n) is 11.2. The van der Waals surface area contributed by atoms with Gasteiger partial charge in [-0.25, -0.2) is 14.5 Å². The zero-order valence-electron chi connectivity index (χ0n) is 19.1. The molecule has 1 aliphatic rings. The maximum absolute atomic E-state index is 12.1. The average molecular weight is 469 g/mol. The molecule has 5 rings (SSSR count). The van der Waals surface area contributed by atoms with Crippen LogP contribution in [0.3, 0.4) is 0 Å². The number of anilines is 1. The number of pyridine rings is 1. The van der Waals surface area contributed by atoms with E-state index >= 15 is 0 Å². The number of nitrogens with zero attached hydrogens (tertiary/aromatic N) is 5. The lowest BCUT2D eigenvalue weighted by atomic mass is 9.95. The van der Waals surface area contributed by atoms with Crippen LogP contribution in [0.15, 0.2) is 73.3 Å². The first-order valence-corrected chi connectivity index (χ1v) is 11.2. The molecule has 0 saturated heterocycles. The SMILES string of the molecule is Cn1ncnc1-c1cc(-c2ccncc2)cc2c1CCN2[C@H](c1ccccc1)C(C=O)NC(=O)O. The van der Waals surface area contributed by atoms with E-state index in [1.807, 2.05) is 49.5 Å². The Kier molecular flexibility index (Phi) is 5.97. The van der Waals surface area contributed by atoms with E-state index in [1.165, 1.54) is 6.33 Å². The maximum atomic E-state index is 12.1. The Morgan fingerprint density at radius 3 is 2.54 bits per heavy atom. The second-order valence-corrected chi connectivity index (χ2v) is 8.37. The minimum Gasteiger partial charge on any atom is -0.465 e. The molecule has 9 nitrogen and oxygen atoms in total. The summed E-state index contributed by atoms with van der Waals surface area (Å²) >= 11 is 0. The van der Waals surface area contributed by atoms with E-state index in [1.54, 1.807) is 17.1 Å². The molecule has 1 amide bonds. The van der Waals surface area contributed by atoms with Crippen LogP contribution >= 0.6 is 0 Å². The lowest BCUT2D eigenvalue weighted by Gasteiger charge is -2.34. The van der Waals surface area contributed by atoms with E-state index in [4.69, 9.17) is 0 Å². The van der Waals surface area contributed by atoms with Gasteiger partial charge in [-0.3, -0.25) is 4.98 Å². The van der Waals surface area contributed by atoms with Crippen LogP contribution in [0.2, 0.25) is 0 Å². The summed E-state index contributed by atoms with van der Waals surface area (Å²) < 4.78 is 1.74. The Labute approximate surface area is 202 Å². The van der Waals surface area contributed by atoms with Crippen molar-refractivity contribution in [2.45, 2.75) is 18.5 Å². The number of fused-ring (bicyclic) bond motifs is 1. The van der Waals surface area contributed by atoms with Crippen LogP contribution in [0, 0.1) is 0 Å². The van der Waals surface area contributed by atoms with Crippen LogP contribution in [0.1, 0.15) is 17.2 Å². The van der Waals surface area contributed by atoms with Gasteiger partial charge in [0.15, 0.2) is 5.82 Å². The van der Waals surface area contributed by atoms with Crippen molar-refractivity contribution in [3.8, 4) is 22.5 Å². The fourth-order valence-corrected chi connectivity index (χ4v) is 4.83. The zero-order chi connectivity index (χ0) is 24.4. The summed E-state index contributed by atoms with van der Waals surface area (Å²) in [6, 6.07) is 16.1. The summed E-state index contributed by atoms with van der Waals surface area (Å²) in [6.07, 6.45) is 5.16. The van der Waals surface area contributed by atoms with Gasteiger partial charge in [0.05, 0.1) is 6.04 Å². The largest absolute Gasteiger partial charge is 0.465 e. The molecule has 3 heterocycles. The highest BCUT2D eigenvalue weighted by Crippen LogP contribution is 2.43. The van der Waals surface area contributed by atoms with E-state index in [2.05, 4.69) is 37.4 Å². The predicted octanol–water partition coefficient (Wildman–Crippen LogP) is 3.48. The highest BCUT2D eigenvalue weighted by Gasteiger charge is 2.36. The molecule has 2 N–H and O–H groups in total. The molecule has 176 valence electrons. The van der Waals surface area contributed by atoms with Gasteiger partial charge in [0.1, 0.15) is 18.7 Å². The molecule has 0 radical (unpaired) electrons. The van der Waals surface area contributed by atoms with Crippen molar-refractivity contribution in [3.63, 3.8) is 0 Å². The van der Waals surface area contributed by atoms with Crippen LogP contribution < -0.4 is 10.2 Å². The van der Waals surface area contributed by atoms with Gasteiger partial charge in [-0.1, -0.05) is 30.3 Å². The minimum atomic E-state index is -1.24. The quantitative estimate of drug-likeness (QED) is 0.399. The number of aldehydes is 1. The van der Waals surface area contributed by atoms with Crippen LogP contribution in [-0.2, 0) is 18.3 Å². The molecule has 4 aromatic rings. The summed E-state index contributed by atoms with van der Waals surface area (Å²) in [5.74, 6) is 0.742. The molecule has 0 fully saturated rings. The third-order valence-corrected chi connectivity index (χ3v) is 6.36. The van der Waals surface area contributed by atoms with Gasteiger partial charge in [0.2, 0.25) is 0 Å². The molecule has 9 heteroatoms. The Morgan fingerprint density at radius 1 is 1.11 bits per heavy atom. The predicted molar refractivity (Wildman–Crippen MR) is 131 cm³/mol. The molecule has 0 bridgehead atoms. The second kappa shape index (κ2) is 9.38. The summed E-state index contributed by atoms with van der Waals surface area (Å²) in [5, 5.41) is 16.1. The number of hydrogen-bond acceptors (Lipinski definition) is 6. The van der Waals surface area contributed by atoms with E-state index in [9.17, 15) is 14.7 Å². The average Bonchev–Trinajstić information content (AvgIpc) is 3.50. The van der Waals surface area contributed by atoms with Crippen molar-refractivity contribution in [2.24, 2.45) is 7.05 Å². The van der Waals surface area contributed by atoms with Gasteiger partial charge in [0.25, 0.3) is 0 Å². The Morgan fingerprint density at radius 2 is 1.89 bits per heavy atom. The van der Waals surface area contributed by atoms with E-state index in [-0.39, 0.29) is 0 Å². The number of aromatic nitrogens is 4. The third kappa shape index (κ3) is 4.23. The summed E-state index contributed by atoms with van der Waals surface area (Å²) in [7, 11) is 1.85. The number of aryl methyl sites for hydroxylation is 1. The van der Waals surface area contributed by atoms with Crippen molar-refractivity contribution in [1.82, 2.24) is 25.1 Å². The van der Waals surface area contributed by atoms with Gasteiger partial charge in [-0.2, -0.15) is 5.10 Å². The number of nitrogens with one attached hydrogen (secondary N) is 1. The number of rotatable bonds is 7. The number of benzene rings is 2. The van der Waals surface area contributed by atoms with Gasteiger partial charge in [-0.05, 0) is 52.9 Å². The fraction of sp³-hybridized carbons (Fsp3) is 0.192. The molecule has 2 aromatic carbocycles. The molecule has 2 aromatic heterocycles. The number of carbonyl (C=O) groups is 2. The topological polar surface area (TPSA) is 113 Å². The first kappa shape index (κ1) is 22.3. The van der Waals surface area contributed by atoms with Gasteiger partial charge in [0, 0.05) is 37.2 Å². The maximum Gasteiger partial charge on any atom is 0.405 e. The molecule has 0 aliphatic carbocycles. The van der Waals surface area contributed by atoms with Gasteiger partial charge in [-0.15, -0.1) is 0 Å². The summed E-state index contributed by atoms with van der Waals surface area (Å²) in [6.45, 7) is 0.616. The minimum absolute atomic E-state index is 0.522. The zero-order valence-corrected chi connectivity index (χ0v) is 19.1. The summed E-state index contributed by atoms with van der Waals surface area (Å²) in [4.78, 5) is 34.4. The van der Waals surface area contributed by atoms with Gasteiger partial charge < -0.3 is 20.1 Å². The normalized spacial score (nSPS) is 14.3.